The van der Waals surface area contributed by atoms with Gasteiger partial charge in [0.1, 0.15) is 68.0 Å². The molecule has 9 fully saturated rings. The van der Waals surface area contributed by atoms with Gasteiger partial charge in [0, 0.05) is 32.7 Å². The molecule has 0 bridgehead atoms. The van der Waals surface area contributed by atoms with E-state index in [1.54, 1.807) is 27.7 Å². The third-order valence-electron chi connectivity index (χ3n) is 18.4. The lowest BCUT2D eigenvalue weighted by molar-refractivity contribution is -0.193. The Kier molecular flexibility index (Phi) is 34.7. The van der Waals surface area contributed by atoms with Gasteiger partial charge in [0.05, 0.1) is 118 Å². The van der Waals surface area contributed by atoms with E-state index in [1.165, 1.54) is 19.6 Å². The summed E-state index contributed by atoms with van der Waals surface area (Å²) in [6, 6.07) is 36.5. The summed E-state index contributed by atoms with van der Waals surface area (Å²) in [5.74, 6) is -9.28. The number of hydrogen-bond donors (Lipinski definition) is 7. The van der Waals surface area contributed by atoms with Crippen LogP contribution in [0.25, 0.3) is 0 Å². The van der Waals surface area contributed by atoms with E-state index in [1.807, 2.05) is 142 Å². The van der Waals surface area contributed by atoms with Crippen LogP contribution in [0.2, 0.25) is 0 Å². The van der Waals surface area contributed by atoms with Gasteiger partial charge in [0.15, 0.2) is 5.78 Å². The van der Waals surface area contributed by atoms with Gasteiger partial charge in [0.2, 0.25) is 23.1 Å². The Balaban J connectivity index is 0.000000180. The average Bonchev–Trinajstić information content (AvgIpc) is 1.62. The highest BCUT2D eigenvalue weighted by Crippen LogP contribution is 2.39. The number of aliphatic hydroxyl groups excluding tert-OH is 3. The molecule has 4 aromatic carbocycles. The number of carboxylic acids is 1. The van der Waals surface area contributed by atoms with Gasteiger partial charge >= 0.3 is 54.5 Å². The van der Waals surface area contributed by atoms with E-state index in [0.29, 0.717) is 65.9 Å². The summed E-state index contributed by atoms with van der Waals surface area (Å²) in [6.07, 6.45) is -3.20. The van der Waals surface area contributed by atoms with Crippen molar-refractivity contribution in [2.24, 2.45) is 17.8 Å². The number of carbonyl (C=O) groups excluding carboxylic acids is 9. The van der Waals surface area contributed by atoms with Crippen molar-refractivity contribution in [1.82, 2.24) is 35.6 Å². The lowest BCUT2D eigenvalue weighted by Crippen LogP contribution is -2.53. The van der Waals surface area contributed by atoms with Gasteiger partial charge in [0.25, 0.3) is 0 Å². The zero-order chi connectivity index (χ0) is 83.9. The maximum atomic E-state index is 12.5. The number of ether oxygens (including phenoxy) is 16. The SMILES string of the molecule is CC(C)(C)OC(=O)NC1CN(C(=O)OCc2ccccc2)CC12OCCO2.CC(C)(C)OC(=O)NC1CNCC12OCCO2.CCOC(=O)C1CN(C(=O)OCc2ccccc2)CC1=O.O=C(O)C1CN(C(=O)OCc2ccccc2)CC12OCCO2.O=C(OCCO)C1CN(C(=O)OCc2ccccc2)CC12OCCO2.OCCO. The number of carbonyl (C=O) groups is 10. The van der Waals surface area contributed by atoms with Gasteiger partial charge in [-0.05, 0) is 70.7 Å². The van der Waals surface area contributed by atoms with E-state index >= 15 is 0 Å². The number of aliphatic carboxylic acids is 1. The lowest BCUT2D eigenvalue weighted by Gasteiger charge is -2.29. The maximum absolute atomic E-state index is 12.5. The Morgan fingerprint density at radius 3 is 1.17 bits per heavy atom. The maximum Gasteiger partial charge on any atom is 0.410 e. The number of nitrogens with zero attached hydrogens (tertiary/aromatic N) is 4. The standard InChI is InChI=1S/C19H26N2O6.C17H21NO7.C15H17NO6.C15H17NO5.C11H20N2O4.C2H6O2/c1-18(2,3)27-16(22)20-15-11-21(13-19(15)25-9-10-26-19)17(23)24-12-14-7-5-4-6-8-14;19-6-7-22-15(20)14-10-18(12-17(14)24-8-9-25-17)16(21)23-11-13-4-2-1-3-5-13;17-13(18)12-8-16(10-15(12)21-6-7-22-15)14(19)20-9-11-4-2-1-3-5-11;1-2-20-14(18)12-8-16(9-13(12)17)15(19)21-10-11-6-4-3-5-7-11;1-10(2,3)17-9(14)13-8-6-12-7-11(8)15-4-5-16-11;3-1-2-4/h4-8,15H,9-13H2,1-3H3,(H,20,22);1-5,14,19H,6-12H2;1-5,12H,6-10H2,(H,17,18);3-7,12H,2,8-10H2,1H3;8,12H,4-7H2,1-3H3,(H,13,14);3-4H,1-2H2. The molecule has 9 heterocycles. The van der Waals surface area contributed by atoms with Crippen LogP contribution in [0.3, 0.4) is 0 Å². The zero-order valence-corrected chi connectivity index (χ0v) is 66.2. The first-order valence-corrected chi connectivity index (χ1v) is 38.0. The molecular weight excluding hydrogens is 1530 g/mol. The quantitative estimate of drug-likeness (QED) is 0.0435. The van der Waals surface area contributed by atoms with Crippen LogP contribution in [0.4, 0.5) is 28.8 Å². The molecular formula is C79H107N7O30. The summed E-state index contributed by atoms with van der Waals surface area (Å²) in [4.78, 5) is 125. The second-order valence-corrected chi connectivity index (χ2v) is 29.3. The molecule has 0 aromatic heterocycles. The second kappa shape index (κ2) is 43.9. The van der Waals surface area contributed by atoms with Crippen molar-refractivity contribution in [3.8, 4) is 0 Å². The highest BCUT2D eigenvalue weighted by molar-refractivity contribution is 6.03. The monoisotopic (exact) mass is 1630 g/mol. The Hall–Kier alpha value is -9.90. The number of esters is 2. The van der Waals surface area contributed by atoms with Crippen molar-refractivity contribution in [1.29, 1.82) is 0 Å². The van der Waals surface area contributed by atoms with Crippen LogP contribution in [0.5, 0.6) is 0 Å². The molecule has 37 heteroatoms. The van der Waals surface area contributed by atoms with Crippen molar-refractivity contribution in [3.05, 3.63) is 144 Å². The summed E-state index contributed by atoms with van der Waals surface area (Å²) >= 11 is 0. The lowest BCUT2D eigenvalue weighted by atomic mass is 10.0. The minimum absolute atomic E-state index is 0.0168. The number of nitrogens with one attached hydrogen (secondary N) is 3. The molecule has 0 saturated carbocycles. The minimum Gasteiger partial charge on any atom is -0.481 e. The first-order valence-electron chi connectivity index (χ1n) is 38.0. The molecule has 7 N–H and O–H groups in total. The topological polar surface area (TPSA) is 448 Å². The van der Waals surface area contributed by atoms with Crippen LogP contribution in [-0.2, 0) is 121 Å². The third-order valence-corrected chi connectivity index (χ3v) is 18.4. The fourth-order valence-corrected chi connectivity index (χ4v) is 13.0. The van der Waals surface area contributed by atoms with E-state index in [2.05, 4.69) is 16.0 Å². The van der Waals surface area contributed by atoms with Crippen molar-refractivity contribution < 1.29 is 144 Å². The van der Waals surface area contributed by atoms with E-state index < -0.39 is 113 Å². The molecule has 0 aliphatic carbocycles. The molecule has 4 spiro atoms. The molecule has 9 saturated heterocycles. The number of aliphatic hydroxyl groups is 3. The van der Waals surface area contributed by atoms with E-state index in [0.717, 1.165) is 22.3 Å². The molecule has 9 aliphatic rings. The number of amides is 6. The summed E-state index contributed by atoms with van der Waals surface area (Å²) in [5, 5.41) is 42.1. The average molecular weight is 1630 g/mol. The highest BCUT2D eigenvalue weighted by atomic mass is 16.8. The smallest absolute Gasteiger partial charge is 0.410 e. The summed E-state index contributed by atoms with van der Waals surface area (Å²) in [5.41, 5.74) is 2.38. The van der Waals surface area contributed by atoms with Gasteiger partial charge in [-0.15, -0.1) is 0 Å². The Labute approximate surface area is 671 Å². The van der Waals surface area contributed by atoms with E-state index in [9.17, 15) is 53.1 Å². The number of Topliss-reactive ketones (excluding diaryl/α,β-unsaturated/α-hetero) is 1. The molecule has 638 valence electrons. The fourth-order valence-electron chi connectivity index (χ4n) is 13.0. The molecule has 5 unspecified atom stereocenters. The number of carboxylic acid groups (broad SMARTS) is 1. The fraction of sp³-hybridized carbons (Fsp3) is 0.570. The van der Waals surface area contributed by atoms with Gasteiger partial charge in [-0.1, -0.05) is 121 Å². The minimum atomic E-state index is -1.24. The summed E-state index contributed by atoms with van der Waals surface area (Å²) in [6.45, 7) is 17.8. The van der Waals surface area contributed by atoms with Gasteiger partial charge in [-0.25, -0.2) is 28.8 Å². The number of benzene rings is 4. The zero-order valence-electron chi connectivity index (χ0n) is 66.2. The Morgan fingerprint density at radius 2 is 0.793 bits per heavy atom. The molecule has 116 heavy (non-hydrogen) atoms. The predicted octanol–water partition coefficient (Wildman–Crippen LogP) is 4.48. The van der Waals surface area contributed by atoms with Gasteiger partial charge < -0.3 is 127 Å². The molecule has 6 amide bonds. The normalized spacial score (nSPS) is 21.4. The van der Waals surface area contributed by atoms with Crippen molar-refractivity contribution in [2.75, 3.05) is 151 Å². The van der Waals surface area contributed by atoms with Crippen LogP contribution in [0, 0.1) is 17.8 Å². The highest BCUT2D eigenvalue weighted by Gasteiger charge is 2.59. The van der Waals surface area contributed by atoms with Crippen LogP contribution in [-0.4, -0.2) is 298 Å². The summed E-state index contributed by atoms with van der Waals surface area (Å²) in [7, 11) is 0. The Morgan fingerprint density at radius 1 is 0.440 bits per heavy atom. The largest absolute Gasteiger partial charge is 0.481 e. The van der Waals surface area contributed by atoms with Crippen molar-refractivity contribution in [3.63, 3.8) is 0 Å². The van der Waals surface area contributed by atoms with Gasteiger partial charge in [-0.3, -0.25) is 24.1 Å². The number of likely N-dealkylation sites (tertiary alicyclic amines) is 4. The molecule has 4 aromatic rings. The summed E-state index contributed by atoms with van der Waals surface area (Å²) < 4.78 is 86.2. The molecule has 0 radical (unpaired) electrons. The first-order chi connectivity index (χ1) is 55.5. The van der Waals surface area contributed by atoms with Crippen LogP contribution in [0.15, 0.2) is 121 Å². The Bertz CT molecular complexity index is 3790. The van der Waals surface area contributed by atoms with Crippen molar-refractivity contribution >= 4 is 60.3 Å². The number of ketones is 1. The predicted molar refractivity (Wildman–Crippen MR) is 402 cm³/mol. The molecule has 5 atom stereocenters. The van der Waals surface area contributed by atoms with Crippen LogP contribution in [0.1, 0.15) is 70.7 Å². The molecule has 9 aliphatic heterocycles. The van der Waals surface area contributed by atoms with E-state index in [-0.39, 0.29) is 124 Å². The number of hydrogen-bond acceptors (Lipinski definition) is 30. The van der Waals surface area contributed by atoms with E-state index in [4.69, 9.17) is 91.1 Å². The first kappa shape index (κ1) is 91.6. The van der Waals surface area contributed by atoms with Gasteiger partial charge in [-0.2, -0.15) is 0 Å². The third kappa shape index (κ3) is 27.1. The number of alkyl carbamates (subject to hydrolysis) is 2. The number of rotatable bonds is 17. The van der Waals surface area contributed by atoms with Crippen LogP contribution >= 0.6 is 0 Å². The second-order valence-electron chi connectivity index (χ2n) is 29.3. The van der Waals surface area contributed by atoms with Crippen molar-refractivity contribution in [2.45, 2.75) is 121 Å². The van der Waals surface area contributed by atoms with Crippen LogP contribution < -0.4 is 16.0 Å². The molecule has 13 rings (SSSR count). The molecule has 37 nitrogen and oxygen atoms in total.